The number of aryl methyl sites for hydroxylation is 1. The lowest BCUT2D eigenvalue weighted by Crippen LogP contribution is -2.09. The summed E-state index contributed by atoms with van der Waals surface area (Å²) in [5.41, 5.74) is 0.112. The average molecular weight is 296 g/mol. The molecule has 1 aromatic heterocycles. The van der Waals surface area contributed by atoms with Gasteiger partial charge in [0.2, 0.25) is 5.91 Å². The van der Waals surface area contributed by atoms with Gasteiger partial charge in [0.05, 0.1) is 5.69 Å². The lowest BCUT2D eigenvalue weighted by Gasteiger charge is -2.03. The van der Waals surface area contributed by atoms with Crippen molar-refractivity contribution in [2.24, 2.45) is 0 Å². The van der Waals surface area contributed by atoms with Crippen molar-refractivity contribution >= 4 is 40.6 Å². The molecule has 1 aromatic carbocycles. The number of hydrogen-bond donors (Lipinski definition) is 1. The molecule has 98 valence electrons. The van der Waals surface area contributed by atoms with Gasteiger partial charge < -0.3 is 5.32 Å². The molecule has 0 atom stereocenters. The van der Waals surface area contributed by atoms with Crippen LogP contribution in [0.3, 0.4) is 0 Å². The van der Waals surface area contributed by atoms with E-state index in [1.54, 1.807) is 17.4 Å². The second-order valence-corrected chi connectivity index (χ2v) is 5.65. The molecule has 0 aliphatic heterocycles. The summed E-state index contributed by atoms with van der Waals surface area (Å²) >= 11 is 7.21. The number of halogens is 2. The van der Waals surface area contributed by atoms with Crippen LogP contribution in [0.2, 0.25) is 5.02 Å². The zero-order valence-electron chi connectivity index (χ0n) is 10.1. The van der Waals surface area contributed by atoms with E-state index in [0.29, 0.717) is 5.02 Å². The summed E-state index contributed by atoms with van der Waals surface area (Å²) in [5, 5.41) is 2.75. The van der Waals surface area contributed by atoms with Crippen molar-refractivity contribution in [2.75, 3.05) is 5.32 Å². The second-order valence-electron chi connectivity index (χ2n) is 3.90. The van der Waals surface area contributed by atoms with E-state index in [0.717, 1.165) is 10.9 Å². The highest BCUT2D eigenvalue weighted by atomic mass is 35.5. The van der Waals surface area contributed by atoms with Gasteiger partial charge >= 0.3 is 0 Å². The maximum Gasteiger partial charge on any atom is 0.248 e. The first kappa shape index (κ1) is 13.8. The van der Waals surface area contributed by atoms with Crippen LogP contribution in [0.5, 0.6) is 0 Å². The van der Waals surface area contributed by atoms with Gasteiger partial charge in [0.15, 0.2) is 0 Å². The molecule has 5 heteroatoms. The van der Waals surface area contributed by atoms with E-state index in [1.165, 1.54) is 23.1 Å². The minimum absolute atomic E-state index is 0.112. The monoisotopic (exact) mass is 295 g/mol. The Hall–Kier alpha value is -1.65. The topological polar surface area (TPSA) is 29.1 Å². The van der Waals surface area contributed by atoms with Gasteiger partial charge in [0.25, 0.3) is 0 Å². The van der Waals surface area contributed by atoms with Crippen LogP contribution in [0.4, 0.5) is 10.1 Å². The van der Waals surface area contributed by atoms with E-state index in [1.807, 2.05) is 19.1 Å². The van der Waals surface area contributed by atoms with Crippen molar-refractivity contribution in [1.82, 2.24) is 0 Å². The molecule has 2 aromatic rings. The largest absolute Gasteiger partial charge is 0.320 e. The van der Waals surface area contributed by atoms with Gasteiger partial charge in [-0.3, -0.25) is 4.79 Å². The Morgan fingerprint density at radius 2 is 2.16 bits per heavy atom. The Labute approximate surface area is 119 Å². The van der Waals surface area contributed by atoms with Gasteiger partial charge in [-0.1, -0.05) is 11.6 Å². The van der Waals surface area contributed by atoms with E-state index in [4.69, 9.17) is 11.6 Å². The third-order valence-corrected chi connectivity index (χ3v) is 3.55. The summed E-state index contributed by atoms with van der Waals surface area (Å²) in [5.74, 6) is -0.937. The van der Waals surface area contributed by atoms with E-state index in [9.17, 15) is 9.18 Å². The van der Waals surface area contributed by atoms with Crippen LogP contribution in [0.1, 0.15) is 9.75 Å². The molecular formula is C14H11ClFNOS. The molecule has 19 heavy (non-hydrogen) atoms. The molecule has 0 saturated carbocycles. The van der Waals surface area contributed by atoms with Crippen LogP contribution in [0, 0.1) is 12.7 Å². The van der Waals surface area contributed by atoms with Crippen molar-refractivity contribution in [2.45, 2.75) is 6.92 Å². The Balaban J connectivity index is 2.03. The summed E-state index contributed by atoms with van der Waals surface area (Å²) in [6.07, 6.45) is 3.07. The van der Waals surface area contributed by atoms with E-state index in [2.05, 4.69) is 5.32 Å². The first-order valence-electron chi connectivity index (χ1n) is 5.55. The van der Waals surface area contributed by atoms with Gasteiger partial charge in [-0.2, -0.15) is 0 Å². The predicted molar refractivity (Wildman–Crippen MR) is 78.1 cm³/mol. The molecule has 2 nitrogen and oxygen atoms in total. The smallest absolute Gasteiger partial charge is 0.248 e. The number of hydrogen-bond acceptors (Lipinski definition) is 2. The Morgan fingerprint density at radius 1 is 1.37 bits per heavy atom. The summed E-state index contributed by atoms with van der Waals surface area (Å²) in [6, 6.07) is 8.00. The summed E-state index contributed by atoms with van der Waals surface area (Å²) < 4.78 is 13.5. The Bertz CT molecular complexity index is 636. The van der Waals surface area contributed by atoms with Crippen LogP contribution in [-0.2, 0) is 4.79 Å². The van der Waals surface area contributed by atoms with Crippen molar-refractivity contribution < 1.29 is 9.18 Å². The third-order valence-electron chi connectivity index (χ3n) is 2.35. The van der Waals surface area contributed by atoms with Crippen molar-refractivity contribution in [1.29, 1.82) is 0 Å². The Kier molecular flexibility index (Phi) is 4.35. The molecule has 1 heterocycles. The van der Waals surface area contributed by atoms with Gasteiger partial charge in [-0.25, -0.2) is 4.39 Å². The molecule has 1 amide bonds. The fourth-order valence-corrected chi connectivity index (χ4v) is 2.40. The van der Waals surface area contributed by atoms with Gasteiger partial charge in [0, 0.05) is 20.9 Å². The predicted octanol–water partition coefficient (Wildman–Crippen LogP) is 4.50. The maximum absolute atomic E-state index is 13.5. The molecule has 0 radical (unpaired) electrons. The minimum Gasteiger partial charge on any atom is -0.320 e. The highest BCUT2D eigenvalue weighted by molar-refractivity contribution is 7.12. The maximum atomic E-state index is 13.5. The summed E-state index contributed by atoms with van der Waals surface area (Å²) in [4.78, 5) is 13.8. The molecular weight excluding hydrogens is 285 g/mol. The zero-order valence-corrected chi connectivity index (χ0v) is 11.7. The lowest BCUT2D eigenvalue weighted by atomic mass is 10.3. The number of nitrogens with one attached hydrogen (secondary N) is 1. The molecule has 0 bridgehead atoms. The molecule has 1 N–H and O–H groups in total. The fraction of sp³-hybridized carbons (Fsp3) is 0.0714. The molecule has 0 saturated heterocycles. The standard InChI is InChI=1S/C14H11ClFNOS/c1-9-2-4-11(19-9)5-7-14(18)17-13-6-3-10(15)8-12(13)16/h2-8H,1H3,(H,17,18)/b7-5+. The minimum atomic E-state index is -0.554. The normalized spacial score (nSPS) is 10.9. The summed E-state index contributed by atoms with van der Waals surface area (Å²) in [7, 11) is 0. The molecule has 2 rings (SSSR count). The quantitative estimate of drug-likeness (QED) is 0.830. The van der Waals surface area contributed by atoms with Crippen LogP contribution in [-0.4, -0.2) is 5.91 Å². The zero-order chi connectivity index (χ0) is 13.8. The van der Waals surface area contributed by atoms with Crippen LogP contribution in [0.25, 0.3) is 6.08 Å². The fourth-order valence-electron chi connectivity index (χ4n) is 1.47. The lowest BCUT2D eigenvalue weighted by molar-refractivity contribution is -0.111. The van der Waals surface area contributed by atoms with Gasteiger partial charge in [-0.05, 0) is 43.3 Å². The van der Waals surface area contributed by atoms with E-state index >= 15 is 0 Å². The van der Waals surface area contributed by atoms with Crippen molar-refractivity contribution in [3.63, 3.8) is 0 Å². The number of carbonyl (C=O) groups is 1. The van der Waals surface area contributed by atoms with Crippen LogP contribution >= 0.6 is 22.9 Å². The number of anilines is 1. The number of rotatable bonds is 3. The van der Waals surface area contributed by atoms with Gasteiger partial charge in [-0.15, -0.1) is 11.3 Å². The highest BCUT2D eigenvalue weighted by Gasteiger charge is 2.05. The first-order valence-corrected chi connectivity index (χ1v) is 6.74. The number of amides is 1. The average Bonchev–Trinajstić information content (AvgIpc) is 2.76. The summed E-state index contributed by atoms with van der Waals surface area (Å²) in [6.45, 7) is 1.99. The number of thiophene rings is 1. The third kappa shape index (κ3) is 3.91. The molecule has 0 unspecified atom stereocenters. The van der Waals surface area contributed by atoms with Crippen molar-refractivity contribution in [3.05, 3.63) is 57.0 Å². The molecule has 0 spiro atoms. The van der Waals surface area contributed by atoms with Crippen LogP contribution < -0.4 is 5.32 Å². The Morgan fingerprint density at radius 3 is 2.79 bits per heavy atom. The number of benzene rings is 1. The SMILES string of the molecule is Cc1ccc(/C=C/C(=O)Nc2ccc(Cl)cc2F)s1. The van der Waals surface area contributed by atoms with Crippen LogP contribution in [0.15, 0.2) is 36.4 Å². The van der Waals surface area contributed by atoms with E-state index < -0.39 is 5.82 Å². The van der Waals surface area contributed by atoms with Gasteiger partial charge in [0.1, 0.15) is 5.82 Å². The first-order chi connectivity index (χ1) is 9.04. The van der Waals surface area contributed by atoms with E-state index in [-0.39, 0.29) is 11.6 Å². The molecule has 0 fully saturated rings. The number of carbonyl (C=O) groups excluding carboxylic acids is 1. The highest BCUT2D eigenvalue weighted by Crippen LogP contribution is 2.19. The second kappa shape index (κ2) is 5.99. The molecule has 0 aliphatic rings. The molecule has 0 aliphatic carbocycles. The van der Waals surface area contributed by atoms with Crippen molar-refractivity contribution in [3.8, 4) is 0 Å².